The second kappa shape index (κ2) is 13.2. The number of pyridine rings is 1. The highest BCUT2D eigenvalue weighted by Gasteiger charge is 2.32. The molecule has 1 heterocycles. The Morgan fingerprint density at radius 3 is 2.14 bits per heavy atom. The zero-order valence-electron chi connectivity index (χ0n) is 23.3. The highest BCUT2D eigenvalue weighted by molar-refractivity contribution is 6.00. The number of ketones is 1. The summed E-state index contributed by atoms with van der Waals surface area (Å²) in [7, 11) is 3.03. The first-order valence-electron chi connectivity index (χ1n) is 12.5. The molecule has 37 heavy (non-hydrogen) atoms. The van der Waals surface area contributed by atoms with Crippen LogP contribution in [-0.2, 0) is 14.3 Å². The molecular formula is C29H39NO7. The molecule has 0 saturated carbocycles. The van der Waals surface area contributed by atoms with E-state index >= 15 is 0 Å². The highest BCUT2D eigenvalue weighted by atomic mass is 16.6. The molecule has 8 heteroatoms. The van der Waals surface area contributed by atoms with Crippen molar-refractivity contribution in [2.45, 2.75) is 66.9 Å². The van der Waals surface area contributed by atoms with Gasteiger partial charge in [-0.3, -0.25) is 14.4 Å². The lowest BCUT2D eigenvalue weighted by atomic mass is 9.89. The Kier molecular flexibility index (Phi) is 10.6. The minimum atomic E-state index is -0.708. The molecule has 0 aliphatic carbocycles. The van der Waals surface area contributed by atoms with E-state index in [-0.39, 0.29) is 35.4 Å². The van der Waals surface area contributed by atoms with Crippen LogP contribution < -0.4 is 14.2 Å². The van der Waals surface area contributed by atoms with E-state index in [0.29, 0.717) is 0 Å². The second-order valence-corrected chi connectivity index (χ2v) is 9.90. The predicted molar refractivity (Wildman–Crippen MR) is 140 cm³/mol. The zero-order valence-corrected chi connectivity index (χ0v) is 23.3. The summed E-state index contributed by atoms with van der Waals surface area (Å²) < 4.78 is 21.9. The molecule has 0 aliphatic rings. The minimum Gasteiger partial charge on any atom is -0.497 e. The first-order chi connectivity index (χ1) is 17.4. The highest BCUT2D eigenvalue weighted by Crippen LogP contribution is 2.33. The molecule has 0 fully saturated rings. The standard InChI is InChI=1S/C29H39NO7/c1-16(2)23(29(33)36-20(7)19(6)22-11-10-21(34-8)14-18(22)5)15-24(31)26-27(37-28(32)17(3)4)25(35-9)12-13-30-26/h10-14,16-17,19-20,23H,15H2,1-9H3/t19-,20+,23+/m1/s1. The number of carbonyl (C=O) groups excluding carboxylic acids is 3. The van der Waals surface area contributed by atoms with Gasteiger partial charge in [-0.2, -0.15) is 0 Å². The van der Waals surface area contributed by atoms with E-state index in [1.165, 1.54) is 19.4 Å². The maximum absolute atomic E-state index is 13.3. The summed E-state index contributed by atoms with van der Waals surface area (Å²) in [5.74, 6) is -1.84. The van der Waals surface area contributed by atoms with Crippen LogP contribution in [0.5, 0.6) is 17.2 Å². The van der Waals surface area contributed by atoms with Crippen molar-refractivity contribution < 1.29 is 33.3 Å². The van der Waals surface area contributed by atoms with E-state index < -0.39 is 35.7 Å². The summed E-state index contributed by atoms with van der Waals surface area (Å²) in [6, 6.07) is 7.31. The van der Waals surface area contributed by atoms with Crippen LogP contribution in [0.15, 0.2) is 30.5 Å². The Morgan fingerprint density at radius 1 is 0.919 bits per heavy atom. The zero-order chi connectivity index (χ0) is 27.9. The molecule has 202 valence electrons. The number of aryl methyl sites for hydroxylation is 1. The van der Waals surface area contributed by atoms with E-state index in [9.17, 15) is 14.4 Å². The molecule has 0 bridgehead atoms. The molecule has 0 radical (unpaired) electrons. The number of Topliss-reactive ketones (excluding diaryl/α,β-unsaturated/α-hetero) is 1. The maximum Gasteiger partial charge on any atom is 0.313 e. The van der Waals surface area contributed by atoms with Crippen LogP contribution >= 0.6 is 0 Å². The quantitative estimate of drug-likeness (QED) is 0.269. The van der Waals surface area contributed by atoms with Gasteiger partial charge in [-0.15, -0.1) is 0 Å². The number of hydrogen-bond acceptors (Lipinski definition) is 8. The van der Waals surface area contributed by atoms with Crippen LogP contribution in [0.1, 0.15) is 75.5 Å². The molecule has 0 unspecified atom stereocenters. The number of hydrogen-bond donors (Lipinski definition) is 0. The van der Waals surface area contributed by atoms with Crippen LogP contribution in [0.25, 0.3) is 0 Å². The van der Waals surface area contributed by atoms with E-state index in [2.05, 4.69) is 4.98 Å². The van der Waals surface area contributed by atoms with E-state index in [1.54, 1.807) is 21.0 Å². The van der Waals surface area contributed by atoms with E-state index in [1.807, 2.05) is 52.8 Å². The Hall–Kier alpha value is -3.42. The fourth-order valence-electron chi connectivity index (χ4n) is 3.91. The molecule has 0 saturated heterocycles. The third-order valence-corrected chi connectivity index (χ3v) is 6.51. The van der Waals surface area contributed by atoms with Gasteiger partial charge in [0.15, 0.2) is 17.2 Å². The van der Waals surface area contributed by atoms with Gasteiger partial charge in [-0.1, -0.05) is 40.7 Å². The van der Waals surface area contributed by atoms with Gasteiger partial charge >= 0.3 is 11.9 Å². The molecule has 3 atom stereocenters. The van der Waals surface area contributed by atoms with Crippen molar-refractivity contribution in [3.05, 3.63) is 47.3 Å². The second-order valence-electron chi connectivity index (χ2n) is 9.90. The van der Waals surface area contributed by atoms with Gasteiger partial charge in [0.1, 0.15) is 11.9 Å². The summed E-state index contributed by atoms with van der Waals surface area (Å²) >= 11 is 0. The summed E-state index contributed by atoms with van der Waals surface area (Å²) in [6.45, 7) is 12.9. The third-order valence-electron chi connectivity index (χ3n) is 6.51. The van der Waals surface area contributed by atoms with Gasteiger partial charge in [-0.25, -0.2) is 4.98 Å². The van der Waals surface area contributed by atoms with E-state index in [0.717, 1.165) is 16.9 Å². The van der Waals surface area contributed by atoms with Crippen molar-refractivity contribution in [2.75, 3.05) is 14.2 Å². The number of esters is 2. The molecule has 1 aromatic heterocycles. The van der Waals surface area contributed by atoms with Gasteiger partial charge in [0, 0.05) is 24.6 Å². The first kappa shape index (κ1) is 29.8. The number of rotatable bonds is 12. The van der Waals surface area contributed by atoms with Gasteiger partial charge in [-0.05, 0) is 43.0 Å². The Bertz CT molecular complexity index is 1110. The molecule has 0 amide bonds. The Morgan fingerprint density at radius 2 is 1.59 bits per heavy atom. The van der Waals surface area contributed by atoms with Gasteiger partial charge in [0.2, 0.25) is 5.75 Å². The summed E-state index contributed by atoms with van der Waals surface area (Å²) in [4.78, 5) is 43.0. The van der Waals surface area contributed by atoms with Crippen LogP contribution in [0.4, 0.5) is 0 Å². The lowest BCUT2D eigenvalue weighted by molar-refractivity contribution is -0.155. The fraction of sp³-hybridized carbons (Fsp3) is 0.517. The average Bonchev–Trinajstić information content (AvgIpc) is 2.86. The molecule has 0 aliphatic heterocycles. The van der Waals surface area contributed by atoms with Crippen molar-refractivity contribution in [3.8, 4) is 17.2 Å². The molecule has 1 aromatic carbocycles. The molecule has 2 rings (SSSR count). The van der Waals surface area contributed by atoms with Crippen LogP contribution in [0, 0.1) is 24.7 Å². The minimum absolute atomic E-state index is 0.0402. The summed E-state index contributed by atoms with van der Waals surface area (Å²) in [5.41, 5.74) is 2.04. The predicted octanol–water partition coefficient (Wildman–Crippen LogP) is 5.55. The Balaban J connectivity index is 2.23. The van der Waals surface area contributed by atoms with Crippen molar-refractivity contribution in [1.82, 2.24) is 4.98 Å². The number of nitrogens with zero attached hydrogens (tertiary/aromatic N) is 1. The topological polar surface area (TPSA) is 101 Å². The van der Waals surface area contributed by atoms with Crippen molar-refractivity contribution in [2.24, 2.45) is 17.8 Å². The normalized spacial score (nSPS) is 13.6. The number of ether oxygens (including phenoxy) is 4. The van der Waals surface area contributed by atoms with Crippen LogP contribution in [0.2, 0.25) is 0 Å². The average molecular weight is 514 g/mol. The monoisotopic (exact) mass is 513 g/mol. The number of benzene rings is 1. The van der Waals surface area contributed by atoms with Crippen LogP contribution in [-0.4, -0.2) is 43.0 Å². The fourth-order valence-corrected chi connectivity index (χ4v) is 3.91. The molecular weight excluding hydrogens is 474 g/mol. The SMILES string of the molecule is COc1ccc([C@H](C)[C@H](C)OC(=O)[C@@H](CC(=O)c2nccc(OC)c2OC(=O)C(C)C)C(C)C)c(C)c1. The largest absolute Gasteiger partial charge is 0.497 e. The number of carbonyl (C=O) groups is 3. The van der Waals surface area contributed by atoms with E-state index in [4.69, 9.17) is 18.9 Å². The Labute approximate surface area is 219 Å². The summed E-state index contributed by atoms with van der Waals surface area (Å²) in [5, 5.41) is 0. The molecule has 8 nitrogen and oxygen atoms in total. The molecule has 2 aromatic rings. The van der Waals surface area contributed by atoms with Gasteiger partial charge in [0.25, 0.3) is 0 Å². The molecule has 0 N–H and O–H groups in total. The van der Waals surface area contributed by atoms with Crippen LogP contribution in [0.3, 0.4) is 0 Å². The van der Waals surface area contributed by atoms with Crippen molar-refractivity contribution in [1.29, 1.82) is 0 Å². The van der Waals surface area contributed by atoms with Gasteiger partial charge in [0.05, 0.1) is 26.1 Å². The number of aromatic nitrogens is 1. The van der Waals surface area contributed by atoms with Crippen molar-refractivity contribution >= 4 is 17.7 Å². The van der Waals surface area contributed by atoms with Gasteiger partial charge < -0.3 is 18.9 Å². The smallest absolute Gasteiger partial charge is 0.313 e. The lowest BCUT2D eigenvalue weighted by Crippen LogP contribution is -2.31. The maximum atomic E-state index is 13.3. The third kappa shape index (κ3) is 7.54. The van der Waals surface area contributed by atoms with Crippen molar-refractivity contribution in [3.63, 3.8) is 0 Å². The first-order valence-corrected chi connectivity index (χ1v) is 12.5. The number of methoxy groups -OCH3 is 2. The summed E-state index contributed by atoms with van der Waals surface area (Å²) in [6.07, 6.45) is 0.835. The molecule has 0 spiro atoms. The lowest BCUT2D eigenvalue weighted by Gasteiger charge is -2.26.